The van der Waals surface area contributed by atoms with E-state index in [1.54, 1.807) is 0 Å². The molecule has 1 aromatic carbocycles. The second-order valence-electron chi connectivity index (χ2n) is 7.44. The van der Waals surface area contributed by atoms with E-state index in [-0.39, 0.29) is 6.10 Å². The second kappa shape index (κ2) is 7.60. The summed E-state index contributed by atoms with van der Waals surface area (Å²) < 4.78 is 2.20. The Bertz CT molecular complexity index is 850. The first-order chi connectivity index (χ1) is 12.7. The van der Waals surface area contributed by atoms with Crippen LogP contribution in [0, 0.1) is 12.8 Å². The number of imidazole rings is 1. The maximum atomic E-state index is 10.6. The molecule has 0 saturated carbocycles. The van der Waals surface area contributed by atoms with E-state index in [0.29, 0.717) is 5.92 Å². The number of likely N-dealkylation sites (tertiary alicyclic amines) is 1. The molecule has 2 aromatic heterocycles. The SMILES string of the molecule is Cc1nc2ccccn2c1CN1CCC([C@H](O)Cc2ccccc2)CC1. The predicted molar refractivity (Wildman–Crippen MR) is 104 cm³/mol. The first-order valence-corrected chi connectivity index (χ1v) is 9.57. The third-order valence-electron chi connectivity index (χ3n) is 5.67. The van der Waals surface area contributed by atoms with Crippen molar-refractivity contribution in [2.45, 2.75) is 38.8 Å². The van der Waals surface area contributed by atoms with Crippen LogP contribution in [0.4, 0.5) is 0 Å². The van der Waals surface area contributed by atoms with Crippen LogP contribution in [0.25, 0.3) is 5.65 Å². The number of hydrogen-bond acceptors (Lipinski definition) is 3. The maximum absolute atomic E-state index is 10.6. The van der Waals surface area contributed by atoms with Crippen LogP contribution in [0.3, 0.4) is 0 Å². The molecule has 0 aliphatic carbocycles. The van der Waals surface area contributed by atoms with Gasteiger partial charge in [-0.2, -0.15) is 0 Å². The molecule has 1 fully saturated rings. The van der Waals surface area contributed by atoms with Gasteiger partial charge in [-0.05, 0) is 62.9 Å². The van der Waals surface area contributed by atoms with Gasteiger partial charge in [-0.25, -0.2) is 4.98 Å². The minimum Gasteiger partial charge on any atom is -0.392 e. The molecule has 3 aromatic rings. The molecule has 3 heterocycles. The second-order valence-corrected chi connectivity index (χ2v) is 7.44. The number of nitrogens with zero attached hydrogens (tertiary/aromatic N) is 3. The van der Waals surface area contributed by atoms with Gasteiger partial charge in [0.15, 0.2) is 0 Å². The van der Waals surface area contributed by atoms with Crippen LogP contribution < -0.4 is 0 Å². The highest BCUT2D eigenvalue weighted by atomic mass is 16.3. The number of rotatable bonds is 5. The quantitative estimate of drug-likeness (QED) is 0.767. The fourth-order valence-electron chi connectivity index (χ4n) is 4.08. The van der Waals surface area contributed by atoms with E-state index in [1.165, 1.54) is 11.3 Å². The van der Waals surface area contributed by atoms with E-state index < -0.39 is 0 Å². The van der Waals surface area contributed by atoms with Crippen LogP contribution >= 0.6 is 0 Å². The van der Waals surface area contributed by atoms with Gasteiger partial charge in [0, 0.05) is 12.7 Å². The molecule has 26 heavy (non-hydrogen) atoms. The number of benzene rings is 1. The number of aliphatic hydroxyl groups excluding tert-OH is 1. The van der Waals surface area contributed by atoms with Crippen LogP contribution in [-0.4, -0.2) is 38.6 Å². The van der Waals surface area contributed by atoms with Gasteiger partial charge in [0.2, 0.25) is 0 Å². The Balaban J connectivity index is 1.35. The van der Waals surface area contributed by atoms with E-state index in [0.717, 1.165) is 50.2 Å². The van der Waals surface area contributed by atoms with E-state index in [4.69, 9.17) is 0 Å². The summed E-state index contributed by atoms with van der Waals surface area (Å²) in [5.74, 6) is 0.398. The summed E-state index contributed by atoms with van der Waals surface area (Å²) in [6.45, 7) is 5.10. The highest BCUT2D eigenvalue weighted by Crippen LogP contribution is 2.25. The van der Waals surface area contributed by atoms with Crippen molar-refractivity contribution in [1.29, 1.82) is 0 Å². The van der Waals surface area contributed by atoms with Gasteiger partial charge >= 0.3 is 0 Å². The lowest BCUT2D eigenvalue weighted by Crippen LogP contribution is -2.38. The Labute approximate surface area is 155 Å². The van der Waals surface area contributed by atoms with Crippen molar-refractivity contribution in [3.8, 4) is 0 Å². The molecule has 4 heteroatoms. The summed E-state index contributed by atoms with van der Waals surface area (Å²) in [5, 5.41) is 10.6. The van der Waals surface area contributed by atoms with Gasteiger partial charge < -0.3 is 9.51 Å². The molecule has 0 unspecified atom stereocenters. The highest BCUT2D eigenvalue weighted by Gasteiger charge is 2.26. The number of aliphatic hydroxyl groups is 1. The Morgan fingerprint density at radius 3 is 2.58 bits per heavy atom. The summed E-state index contributed by atoms with van der Waals surface area (Å²) in [6.07, 6.45) is 4.74. The minimum atomic E-state index is -0.239. The van der Waals surface area contributed by atoms with Crippen molar-refractivity contribution in [3.63, 3.8) is 0 Å². The zero-order valence-electron chi connectivity index (χ0n) is 15.4. The molecule has 0 spiro atoms. The van der Waals surface area contributed by atoms with Crippen LogP contribution in [0.15, 0.2) is 54.7 Å². The normalized spacial score (nSPS) is 17.6. The van der Waals surface area contributed by atoms with Gasteiger partial charge in [-0.3, -0.25) is 4.90 Å². The fourth-order valence-corrected chi connectivity index (χ4v) is 4.08. The summed E-state index contributed by atoms with van der Waals surface area (Å²) in [7, 11) is 0. The number of fused-ring (bicyclic) bond motifs is 1. The molecule has 4 nitrogen and oxygen atoms in total. The largest absolute Gasteiger partial charge is 0.392 e. The lowest BCUT2D eigenvalue weighted by Gasteiger charge is -2.34. The number of pyridine rings is 1. The van der Waals surface area contributed by atoms with Crippen LogP contribution in [0.2, 0.25) is 0 Å². The van der Waals surface area contributed by atoms with Gasteiger partial charge in [0.25, 0.3) is 0 Å². The Morgan fingerprint density at radius 2 is 1.81 bits per heavy atom. The molecule has 1 saturated heterocycles. The molecular weight excluding hydrogens is 322 g/mol. The van der Waals surface area contributed by atoms with Crippen molar-refractivity contribution in [2.24, 2.45) is 5.92 Å². The number of aryl methyl sites for hydroxylation is 1. The van der Waals surface area contributed by atoms with Crippen LogP contribution in [-0.2, 0) is 13.0 Å². The van der Waals surface area contributed by atoms with Crippen molar-refractivity contribution in [3.05, 3.63) is 71.7 Å². The summed E-state index contributed by atoms with van der Waals surface area (Å²) in [4.78, 5) is 7.16. The lowest BCUT2D eigenvalue weighted by molar-refractivity contribution is 0.0572. The number of piperidine rings is 1. The third kappa shape index (κ3) is 3.67. The molecular formula is C22H27N3O. The van der Waals surface area contributed by atoms with Gasteiger partial charge in [-0.1, -0.05) is 36.4 Å². The van der Waals surface area contributed by atoms with Crippen molar-refractivity contribution >= 4 is 5.65 Å². The highest BCUT2D eigenvalue weighted by molar-refractivity contribution is 5.42. The maximum Gasteiger partial charge on any atom is 0.137 e. The minimum absolute atomic E-state index is 0.239. The average Bonchev–Trinajstić information content (AvgIpc) is 2.98. The molecule has 1 N–H and O–H groups in total. The van der Waals surface area contributed by atoms with Gasteiger partial charge in [0.1, 0.15) is 5.65 Å². The van der Waals surface area contributed by atoms with Crippen LogP contribution in [0.5, 0.6) is 0 Å². The topological polar surface area (TPSA) is 40.8 Å². The Morgan fingerprint density at radius 1 is 1.08 bits per heavy atom. The van der Waals surface area contributed by atoms with Gasteiger partial charge in [-0.15, -0.1) is 0 Å². The zero-order chi connectivity index (χ0) is 17.9. The van der Waals surface area contributed by atoms with Crippen molar-refractivity contribution in [2.75, 3.05) is 13.1 Å². The molecule has 1 aliphatic heterocycles. The third-order valence-corrected chi connectivity index (χ3v) is 5.67. The zero-order valence-corrected chi connectivity index (χ0v) is 15.4. The first kappa shape index (κ1) is 17.3. The van der Waals surface area contributed by atoms with E-state index in [1.807, 2.05) is 24.3 Å². The Kier molecular flexibility index (Phi) is 5.05. The average molecular weight is 349 g/mol. The molecule has 136 valence electrons. The molecule has 0 radical (unpaired) electrons. The van der Waals surface area contributed by atoms with E-state index in [9.17, 15) is 5.11 Å². The first-order valence-electron chi connectivity index (χ1n) is 9.57. The monoisotopic (exact) mass is 349 g/mol. The molecule has 4 rings (SSSR count). The van der Waals surface area contributed by atoms with Crippen LogP contribution in [0.1, 0.15) is 29.8 Å². The van der Waals surface area contributed by atoms with Crippen molar-refractivity contribution in [1.82, 2.24) is 14.3 Å². The molecule has 0 bridgehead atoms. The predicted octanol–water partition coefficient (Wildman–Crippen LogP) is 3.46. The Hall–Kier alpha value is -2.17. The van der Waals surface area contributed by atoms with Crippen molar-refractivity contribution < 1.29 is 5.11 Å². The molecule has 0 amide bonds. The fraction of sp³-hybridized carbons (Fsp3) is 0.409. The smallest absolute Gasteiger partial charge is 0.137 e. The lowest BCUT2D eigenvalue weighted by atomic mass is 9.88. The number of hydrogen-bond donors (Lipinski definition) is 1. The summed E-state index contributed by atoms with van der Waals surface area (Å²) >= 11 is 0. The molecule has 1 aliphatic rings. The standard InChI is InChI=1S/C22H27N3O/c1-17-20(25-12-6-5-9-22(25)23-17)16-24-13-10-19(11-14-24)21(26)15-18-7-3-2-4-8-18/h2-9,12,19,21,26H,10-11,13-16H2,1H3/t21-/m1/s1. The number of aromatic nitrogens is 2. The summed E-state index contributed by atoms with van der Waals surface area (Å²) in [5.41, 5.74) is 4.64. The van der Waals surface area contributed by atoms with Gasteiger partial charge in [0.05, 0.1) is 17.5 Å². The molecule has 1 atom stereocenters. The van der Waals surface area contributed by atoms with E-state index in [2.05, 4.69) is 51.7 Å². The summed E-state index contributed by atoms with van der Waals surface area (Å²) in [6, 6.07) is 16.5. The van der Waals surface area contributed by atoms with E-state index >= 15 is 0 Å².